The molecule has 0 saturated heterocycles. The van der Waals surface area contributed by atoms with E-state index in [2.05, 4.69) is 15.7 Å². The lowest BCUT2D eigenvalue weighted by molar-refractivity contribution is -0.114. The van der Waals surface area contributed by atoms with Crippen LogP contribution in [-0.2, 0) is 4.79 Å². The predicted octanol–water partition coefficient (Wildman–Crippen LogP) is 4.50. The summed E-state index contributed by atoms with van der Waals surface area (Å²) in [6.45, 7) is 5.94. The number of aryl methyl sites for hydroxylation is 2. The number of para-hydroxylation sites is 1. The quantitative estimate of drug-likeness (QED) is 0.697. The second-order valence-electron chi connectivity index (χ2n) is 6.15. The van der Waals surface area contributed by atoms with Crippen molar-refractivity contribution in [1.29, 1.82) is 0 Å². The number of hydrogen-bond donors (Lipinski definition) is 2. The van der Waals surface area contributed by atoms with Crippen LogP contribution in [-0.4, -0.2) is 22.2 Å². The Morgan fingerprint density at radius 1 is 1.12 bits per heavy atom. The van der Waals surface area contributed by atoms with Crippen molar-refractivity contribution in [2.24, 2.45) is 0 Å². The van der Waals surface area contributed by atoms with Crippen molar-refractivity contribution in [3.05, 3.63) is 70.5 Å². The van der Waals surface area contributed by atoms with Gasteiger partial charge in [-0.2, -0.15) is 5.10 Å². The van der Waals surface area contributed by atoms with Gasteiger partial charge in [-0.15, -0.1) is 0 Å². The third kappa shape index (κ3) is 3.89. The molecular formula is C20H21ClN4O. The summed E-state index contributed by atoms with van der Waals surface area (Å²) in [5.41, 5.74) is 5.25. The maximum absolute atomic E-state index is 12.4. The Bertz CT molecular complexity index is 934. The van der Waals surface area contributed by atoms with Crippen LogP contribution in [0.25, 0.3) is 5.69 Å². The van der Waals surface area contributed by atoms with Crippen molar-refractivity contribution < 1.29 is 4.79 Å². The highest BCUT2D eigenvalue weighted by molar-refractivity contribution is 6.30. The number of anilines is 2. The van der Waals surface area contributed by atoms with Crippen molar-refractivity contribution in [3.8, 4) is 5.69 Å². The summed E-state index contributed by atoms with van der Waals surface area (Å²) in [5, 5.41) is 11.3. The molecule has 0 aliphatic carbocycles. The summed E-state index contributed by atoms with van der Waals surface area (Å²) in [7, 11) is 0. The molecule has 1 aromatic heterocycles. The first-order chi connectivity index (χ1) is 12.5. The Labute approximate surface area is 158 Å². The summed E-state index contributed by atoms with van der Waals surface area (Å²) in [6.07, 6.45) is 0. The highest BCUT2D eigenvalue weighted by Gasteiger charge is 2.15. The Morgan fingerprint density at radius 2 is 1.85 bits per heavy atom. The summed E-state index contributed by atoms with van der Waals surface area (Å²) in [6, 6.07) is 15.4. The maximum Gasteiger partial charge on any atom is 0.243 e. The average molecular weight is 369 g/mol. The van der Waals surface area contributed by atoms with Crippen molar-refractivity contribution in [1.82, 2.24) is 9.78 Å². The van der Waals surface area contributed by atoms with Crippen LogP contribution in [0.2, 0.25) is 5.02 Å². The molecule has 0 radical (unpaired) electrons. The largest absolute Gasteiger partial charge is 0.376 e. The van der Waals surface area contributed by atoms with Crippen molar-refractivity contribution in [2.45, 2.75) is 20.8 Å². The van der Waals surface area contributed by atoms with Crippen LogP contribution < -0.4 is 10.6 Å². The SMILES string of the molecule is Cc1ccc(Cl)cc1NCC(=O)Nc1c(C)nn(-c2ccccc2)c1C. The van der Waals surface area contributed by atoms with E-state index in [0.29, 0.717) is 5.02 Å². The first-order valence-electron chi connectivity index (χ1n) is 8.37. The minimum Gasteiger partial charge on any atom is -0.376 e. The van der Waals surface area contributed by atoms with Crippen LogP contribution in [0.3, 0.4) is 0 Å². The van der Waals surface area contributed by atoms with Gasteiger partial charge in [-0.1, -0.05) is 35.9 Å². The Morgan fingerprint density at radius 3 is 2.58 bits per heavy atom. The fourth-order valence-corrected chi connectivity index (χ4v) is 2.96. The van der Waals surface area contributed by atoms with Crippen LogP contribution in [0.4, 0.5) is 11.4 Å². The second kappa shape index (κ2) is 7.62. The molecule has 0 aliphatic rings. The minimum atomic E-state index is -0.136. The molecule has 0 saturated carbocycles. The van der Waals surface area contributed by atoms with Crippen LogP contribution in [0.1, 0.15) is 17.0 Å². The molecule has 134 valence electrons. The third-order valence-corrected chi connectivity index (χ3v) is 4.43. The zero-order chi connectivity index (χ0) is 18.7. The molecule has 2 aromatic carbocycles. The molecule has 0 bridgehead atoms. The lowest BCUT2D eigenvalue weighted by atomic mass is 10.2. The number of aromatic nitrogens is 2. The number of hydrogen-bond acceptors (Lipinski definition) is 3. The summed E-state index contributed by atoms with van der Waals surface area (Å²) in [5.74, 6) is -0.136. The van der Waals surface area contributed by atoms with E-state index < -0.39 is 0 Å². The predicted molar refractivity (Wildman–Crippen MR) is 106 cm³/mol. The number of benzene rings is 2. The normalized spacial score (nSPS) is 10.6. The van der Waals surface area contributed by atoms with Gasteiger partial charge in [0.25, 0.3) is 0 Å². The van der Waals surface area contributed by atoms with E-state index in [-0.39, 0.29) is 12.5 Å². The summed E-state index contributed by atoms with van der Waals surface area (Å²) < 4.78 is 1.83. The van der Waals surface area contributed by atoms with E-state index in [0.717, 1.165) is 34.0 Å². The van der Waals surface area contributed by atoms with Gasteiger partial charge in [0.2, 0.25) is 5.91 Å². The Kier molecular flexibility index (Phi) is 5.28. The molecule has 1 amide bonds. The Balaban J connectivity index is 1.72. The van der Waals surface area contributed by atoms with Crippen LogP contribution in [0.15, 0.2) is 48.5 Å². The van der Waals surface area contributed by atoms with Gasteiger partial charge in [-0.05, 0) is 50.6 Å². The van der Waals surface area contributed by atoms with Crippen LogP contribution in [0.5, 0.6) is 0 Å². The highest BCUT2D eigenvalue weighted by Crippen LogP contribution is 2.23. The molecule has 0 atom stereocenters. The van der Waals surface area contributed by atoms with E-state index in [1.807, 2.05) is 74.0 Å². The van der Waals surface area contributed by atoms with Crippen molar-refractivity contribution in [3.63, 3.8) is 0 Å². The molecule has 0 aliphatic heterocycles. The average Bonchev–Trinajstić information content (AvgIpc) is 2.91. The van der Waals surface area contributed by atoms with Gasteiger partial charge in [0, 0.05) is 10.7 Å². The van der Waals surface area contributed by atoms with E-state index in [9.17, 15) is 4.79 Å². The van der Waals surface area contributed by atoms with Gasteiger partial charge < -0.3 is 10.6 Å². The number of carbonyl (C=O) groups is 1. The van der Waals surface area contributed by atoms with Gasteiger partial charge >= 0.3 is 0 Å². The standard InChI is InChI=1S/C20H21ClN4O/c1-13-9-10-16(21)11-18(13)22-12-19(26)23-20-14(2)24-25(15(20)3)17-7-5-4-6-8-17/h4-11,22H,12H2,1-3H3,(H,23,26). The molecule has 2 N–H and O–H groups in total. The molecule has 5 nitrogen and oxygen atoms in total. The molecule has 0 unspecified atom stereocenters. The maximum atomic E-state index is 12.4. The Hall–Kier alpha value is -2.79. The van der Waals surface area contributed by atoms with Gasteiger partial charge in [0.1, 0.15) is 0 Å². The monoisotopic (exact) mass is 368 g/mol. The number of amides is 1. The third-order valence-electron chi connectivity index (χ3n) is 4.20. The van der Waals surface area contributed by atoms with Gasteiger partial charge in [0.15, 0.2) is 0 Å². The van der Waals surface area contributed by atoms with E-state index >= 15 is 0 Å². The molecule has 0 fully saturated rings. The highest BCUT2D eigenvalue weighted by atomic mass is 35.5. The molecule has 3 aromatic rings. The number of halogens is 1. The van der Waals surface area contributed by atoms with Crippen molar-refractivity contribution in [2.75, 3.05) is 17.2 Å². The van der Waals surface area contributed by atoms with E-state index in [1.165, 1.54) is 0 Å². The molecular weight excluding hydrogens is 348 g/mol. The topological polar surface area (TPSA) is 59.0 Å². The van der Waals surface area contributed by atoms with Gasteiger partial charge in [-0.25, -0.2) is 4.68 Å². The van der Waals surface area contributed by atoms with E-state index in [1.54, 1.807) is 0 Å². The smallest absolute Gasteiger partial charge is 0.243 e. The zero-order valence-electron chi connectivity index (χ0n) is 15.0. The molecule has 0 spiro atoms. The number of nitrogens with one attached hydrogen (secondary N) is 2. The number of nitrogens with zero attached hydrogens (tertiary/aromatic N) is 2. The first kappa shape index (κ1) is 18.0. The lowest BCUT2D eigenvalue weighted by Crippen LogP contribution is -2.22. The van der Waals surface area contributed by atoms with Crippen molar-refractivity contribution >= 4 is 28.9 Å². The summed E-state index contributed by atoms with van der Waals surface area (Å²) in [4.78, 5) is 12.4. The lowest BCUT2D eigenvalue weighted by Gasteiger charge is -2.11. The minimum absolute atomic E-state index is 0.136. The van der Waals surface area contributed by atoms with Crippen LogP contribution in [0, 0.1) is 20.8 Å². The molecule has 26 heavy (non-hydrogen) atoms. The fraction of sp³-hybridized carbons (Fsp3) is 0.200. The molecule has 3 rings (SSSR count). The van der Waals surface area contributed by atoms with Gasteiger partial charge in [0.05, 0.1) is 29.3 Å². The number of rotatable bonds is 5. The second-order valence-corrected chi connectivity index (χ2v) is 6.59. The number of carbonyl (C=O) groups excluding carboxylic acids is 1. The van der Waals surface area contributed by atoms with Crippen LogP contribution >= 0.6 is 11.6 Å². The fourth-order valence-electron chi connectivity index (χ4n) is 2.79. The molecule has 6 heteroatoms. The zero-order valence-corrected chi connectivity index (χ0v) is 15.8. The van der Waals surface area contributed by atoms with Gasteiger partial charge in [-0.3, -0.25) is 4.79 Å². The summed E-state index contributed by atoms with van der Waals surface area (Å²) >= 11 is 6.01. The first-order valence-corrected chi connectivity index (χ1v) is 8.75. The van der Waals surface area contributed by atoms with E-state index in [4.69, 9.17) is 11.6 Å². The molecule has 1 heterocycles.